The molecule has 1 aromatic carbocycles. The number of phenolic OH excluding ortho intramolecular Hbond substituents is 1. The first-order valence-corrected chi connectivity index (χ1v) is 6.61. The first-order chi connectivity index (χ1) is 11.0. The van der Waals surface area contributed by atoms with Gasteiger partial charge in [0.2, 0.25) is 11.7 Å². The number of fused-ring (bicyclic) bond motifs is 1. The number of nitrogens with one attached hydrogen (secondary N) is 1. The number of phenols is 1. The van der Waals surface area contributed by atoms with Crippen molar-refractivity contribution >= 4 is 11.9 Å². The minimum atomic E-state index is -1.11. The van der Waals surface area contributed by atoms with Crippen LogP contribution < -0.4 is 14.8 Å². The quantitative estimate of drug-likeness (QED) is 0.763. The molecule has 1 unspecified atom stereocenters. The summed E-state index contributed by atoms with van der Waals surface area (Å²) in [5.41, 5.74) is 0.616. The van der Waals surface area contributed by atoms with Crippen LogP contribution in [0.5, 0.6) is 17.2 Å². The molecule has 120 valence electrons. The molecule has 0 saturated heterocycles. The van der Waals surface area contributed by atoms with E-state index in [-0.39, 0.29) is 22.9 Å². The lowest BCUT2D eigenvalue weighted by Crippen LogP contribution is -2.24. The zero-order valence-electron chi connectivity index (χ0n) is 12.3. The van der Waals surface area contributed by atoms with Gasteiger partial charge in [0.25, 0.3) is 0 Å². The fraction of sp³-hybridized carbons (Fsp3) is 0.214. The molecule has 0 bridgehead atoms. The van der Waals surface area contributed by atoms with E-state index in [2.05, 4.69) is 15.4 Å². The molecule has 9 nitrogen and oxygen atoms in total. The number of benzene rings is 1. The highest BCUT2D eigenvalue weighted by atomic mass is 16.5. The van der Waals surface area contributed by atoms with E-state index in [1.54, 1.807) is 12.1 Å². The number of aliphatic carboxylic acids is 1. The van der Waals surface area contributed by atoms with Crippen LogP contribution in [0.15, 0.2) is 30.2 Å². The molecule has 9 heteroatoms. The molecule has 0 aliphatic carbocycles. The van der Waals surface area contributed by atoms with Gasteiger partial charge >= 0.3 is 5.97 Å². The van der Waals surface area contributed by atoms with Crippen LogP contribution in [0.25, 0.3) is 0 Å². The van der Waals surface area contributed by atoms with Crippen molar-refractivity contribution in [1.29, 1.82) is 0 Å². The first-order valence-electron chi connectivity index (χ1n) is 6.61. The molecule has 3 N–H and O–H groups in total. The van der Waals surface area contributed by atoms with Gasteiger partial charge in [0.1, 0.15) is 18.1 Å². The molecule has 0 fully saturated rings. The third-order valence-electron chi connectivity index (χ3n) is 3.48. The van der Waals surface area contributed by atoms with Crippen molar-refractivity contribution < 1.29 is 24.5 Å². The number of anilines is 1. The van der Waals surface area contributed by atoms with E-state index in [0.29, 0.717) is 11.5 Å². The second kappa shape index (κ2) is 5.52. The number of carboxylic acids is 1. The molecule has 2 aromatic rings. The molecule has 1 aliphatic rings. The maximum atomic E-state index is 11.3. The van der Waals surface area contributed by atoms with Gasteiger partial charge in [-0.05, 0) is 23.8 Å². The highest BCUT2D eigenvalue weighted by Crippen LogP contribution is 2.40. The van der Waals surface area contributed by atoms with Gasteiger partial charge < -0.3 is 25.0 Å². The standard InChI is InChI=1S/C14H14N4O5/c1-22-10-3-7(4-11(23-2)12(10)19)9-5-8(13(20)21)17-14-15-6-16-18(9)14/h3-6,9,19H,1-2H3,(H,20,21)(H,15,16,17). The Bertz CT molecular complexity index is 773. The minimum absolute atomic E-state index is 0.0125. The van der Waals surface area contributed by atoms with Crippen molar-refractivity contribution in [3.05, 3.63) is 35.8 Å². The summed E-state index contributed by atoms with van der Waals surface area (Å²) in [6.45, 7) is 0. The van der Waals surface area contributed by atoms with Crippen LogP contribution in [-0.4, -0.2) is 45.2 Å². The summed E-state index contributed by atoms with van der Waals surface area (Å²) < 4.78 is 11.8. The smallest absolute Gasteiger partial charge is 0.352 e. The Morgan fingerprint density at radius 2 is 1.96 bits per heavy atom. The molecule has 23 heavy (non-hydrogen) atoms. The van der Waals surface area contributed by atoms with E-state index in [9.17, 15) is 15.0 Å². The summed E-state index contributed by atoms with van der Waals surface area (Å²) in [5.74, 6) is -0.508. The lowest BCUT2D eigenvalue weighted by molar-refractivity contribution is -0.132. The van der Waals surface area contributed by atoms with Gasteiger partial charge in [-0.15, -0.1) is 0 Å². The number of hydrogen-bond donors (Lipinski definition) is 3. The maximum Gasteiger partial charge on any atom is 0.352 e. The predicted octanol–water partition coefficient (Wildman–Crippen LogP) is 0.984. The monoisotopic (exact) mass is 318 g/mol. The number of nitrogens with zero attached hydrogens (tertiary/aromatic N) is 3. The van der Waals surface area contributed by atoms with Gasteiger partial charge in [0, 0.05) is 0 Å². The van der Waals surface area contributed by atoms with E-state index in [1.807, 2.05) is 0 Å². The number of methoxy groups -OCH3 is 2. The molecule has 1 aliphatic heterocycles. The van der Waals surface area contributed by atoms with Crippen molar-refractivity contribution in [2.24, 2.45) is 0 Å². The summed E-state index contributed by atoms with van der Waals surface area (Å²) in [4.78, 5) is 15.3. The van der Waals surface area contributed by atoms with Gasteiger partial charge in [0.05, 0.1) is 14.2 Å². The predicted molar refractivity (Wildman–Crippen MR) is 78.7 cm³/mol. The number of rotatable bonds is 4. The first kappa shape index (κ1) is 14.7. The van der Waals surface area contributed by atoms with Gasteiger partial charge in [-0.1, -0.05) is 0 Å². The number of carboxylic acid groups (broad SMARTS) is 1. The van der Waals surface area contributed by atoms with E-state index < -0.39 is 12.0 Å². The summed E-state index contributed by atoms with van der Waals surface area (Å²) in [7, 11) is 2.83. The fourth-order valence-electron chi connectivity index (χ4n) is 2.38. The highest BCUT2D eigenvalue weighted by Gasteiger charge is 2.27. The van der Waals surface area contributed by atoms with E-state index >= 15 is 0 Å². The summed E-state index contributed by atoms with van der Waals surface area (Å²) in [6, 6.07) is 2.65. The Hall–Kier alpha value is -3.23. The SMILES string of the molecule is COc1cc(C2C=C(C(=O)O)Nc3ncnn32)cc(OC)c1O. The highest BCUT2D eigenvalue weighted by molar-refractivity contribution is 5.90. The van der Waals surface area contributed by atoms with Crippen LogP contribution in [-0.2, 0) is 4.79 Å². The second-order valence-corrected chi connectivity index (χ2v) is 4.76. The zero-order valence-corrected chi connectivity index (χ0v) is 12.3. The lowest BCUT2D eigenvalue weighted by atomic mass is 10.0. The summed E-state index contributed by atoms with van der Waals surface area (Å²) >= 11 is 0. The van der Waals surface area contributed by atoms with E-state index in [4.69, 9.17) is 9.47 Å². The average Bonchev–Trinajstić information content (AvgIpc) is 3.02. The summed E-state index contributed by atoms with van der Waals surface area (Å²) in [6.07, 6.45) is 2.82. The van der Waals surface area contributed by atoms with Crippen LogP contribution in [0, 0.1) is 0 Å². The Kier molecular flexibility index (Phi) is 3.53. The van der Waals surface area contributed by atoms with Crippen molar-refractivity contribution in [3.63, 3.8) is 0 Å². The Morgan fingerprint density at radius 1 is 1.30 bits per heavy atom. The van der Waals surface area contributed by atoms with E-state index in [1.165, 1.54) is 31.3 Å². The summed E-state index contributed by atoms with van der Waals surface area (Å²) in [5, 5.41) is 26.0. The van der Waals surface area contributed by atoms with Gasteiger partial charge in [-0.3, -0.25) is 0 Å². The second-order valence-electron chi connectivity index (χ2n) is 4.76. The molecule has 0 amide bonds. The molecule has 1 atom stereocenters. The third kappa shape index (κ3) is 2.41. The number of allylic oxidation sites excluding steroid dienone is 1. The molecule has 0 spiro atoms. The van der Waals surface area contributed by atoms with Crippen molar-refractivity contribution in [2.75, 3.05) is 19.5 Å². The molecule has 0 radical (unpaired) electrons. The fourth-order valence-corrected chi connectivity index (χ4v) is 2.38. The molecule has 1 aromatic heterocycles. The molecular formula is C14H14N4O5. The topological polar surface area (TPSA) is 119 Å². The van der Waals surface area contributed by atoms with Crippen LogP contribution in [0.4, 0.5) is 5.95 Å². The maximum absolute atomic E-state index is 11.3. The number of aromatic hydroxyl groups is 1. The van der Waals surface area contributed by atoms with Crippen molar-refractivity contribution in [1.82, 2.24) is 14.8 Å². The van der Waals surface area contributed by atoms with Gasteiger partial charge in [-0.25, -0.2) is 9.48 Å². The normalized spacial score (nSPS) is 16.1. The Balaban J connectivity index is 2.16. The average molecular weight is 318 g/mol. The minimum Gasteiger partial charge on any atom is -0.502 e. The number of ether oxygens (including phenoxy) is 2. The van der Waals surface area contributed by atoms with Crippen LogP contribution >= 0.6 is 0 Å². The van der Waals surface area contributed by atoms with Crippen LogP contribution in [0.1, 0.15) is 11.6 Å². The van der Waals surface area contributed by atoms with Gasteiger partial charge in [-0.2, -0.15) is 10.1 Å². The number of carbonyl (C=O) groups is 1. The largest absolute Gasteiger partial charge is 0.502 e. The Morgan fingerprint density at radius 3 is 2.52 bits per heavy atom. The molecule has 0 saturated carbocycles. The molecule has 3 rings (SSSR count). The lowest BCUT2D eigenvalue weighted by Gasteiger charge is -2.23. The zero-order chi connectivity index (χ0) is 16.6. The third-order valence-corrected chi connectivity index (χ3v) is 3.48. The number of hydrogen-bond acceptors (Lipinski definition) is 7. The van der Waals surface area contributed by atoms with Crippen molar-refractivity contribution in [3.8, 4) is 17.2 Å². The molecular weight excluding hydrogens is 304 g/mol. The van der Waals surface area contributed by atoms with Crippen molar-refractivity contribution in [2.45, 2.75) is 6.04 Å². The molecule has 2 heterocycles. The van der Waals surface area contributed by atoms with E-state index in [0.717, 1.165) is 0 Å². The van der Waals surface area contributed by atoms with Crippen LogP contribution in [0.2, 0.25) is 0 Å². The Labute approximate surface area is 130 Å². The number of aromatic nitrogens is 3. The van der Waals surface area contributed by atoms with Gasteiger partial charge in [0.15, 0.2) is 11.5 Å². The van der Waals surface area contributed by atoms with Crippen LogP contribution in [0.3, 0.4) is 0 Å².